The Balaban J connectivity index is 1.70. The quantitative estimate of drug-likeness (QED) is 0.761. The molecule has 1 aromatic heterocycles. The second-order valence-corrected chi connectivity index (χ2v) is 7.71. The van der Waals surface area contributed by atoms with Crippen LogP contribution in [0.25, 0.3) is 0 Å². The molecule has 1 aromatic carbocycles. The highest BCUT2D eigenvalue weighted by atomic mass is 32.2. The van der Waals surface area contributed by atoms with Gasteiger partial charge in [-0.3, -0.25) is 4.79 Å². The van der Waals surface area contributed by atoms with Gasteiger partial charge < -0.3 is 9.47 Å². The molecule has 0 amide bonds. The zero-order valence-electron chi connectivity index (χ0n) is 14.7. The molecule has 0 radical (unpaired) electrons. The van der Waals surface area contributed by atoms with E-state index in [4.69, 9.17) is 9.47 Å². The van der Waals surface area contributed by atoms with Crippen LogP contribution < -0.4 is 19.8 Å². The number of nitrogens with one attached hydrogen (secondary N) is 1. The smallest absolute Gasteiger partial charge is 0.267 e. The molecule has 0 saturated carbocycles. The molecule has 26 heavy (non-hydrogen) atoms. The Labute approximate surface area is 151 Å². The van der Waals surface area contributed by atoms with Gasteiger partial charge in [0.1, 0.15) is 0 Å². The van der Waals surface area contributed by atoms with Gasteiger partial charge in [-0.05, 0) is 37.0 Å². The van der Waals surface area contributed by atoms with E-state index in [0.717, 1.165) is 30.5 Å². The molecule has 1 aliphatic carbocycles. The van der Waals surface area contributed by atoms with Gasteiger partial charge in [0, 0.05) is 18.7 Å². The van der Waals surface area contributed by atoms with E-state index in [2.05, 4.69) is 9.82 Å². The number of rotatable bonds is 7. The molecule has 0 fully saturated rings. The van der Waals surface area contributed by atoms with Gasteiger partial charge in [-0.1, -0.05) is 0 Å². The molecule has 0 spiro atoms. The summed E-state index contributed by atoms with van der Waals surface area (Å²) in [6.07, 6.45) is 2.73. The van der Waals surface area contributed by atoms with E-state index in [1.165, 1.54) is 37.1 Å². The highest BCUT2D eigenvalue weighted by molar-refractivity contribution is 7.89. The lowest BCUT2D eigenvalue weighted by Gasteiger charge is -2.11. The average Bonchev–Trinajstić information content (AvgIpc) is 3.08. The van der Waals surface area contributed by atoms with Crippen molar-refractivity contribution in [2.45, 2.75) is 30.7 Å². The van der Waals surface area contributed by atoms with Gasteiger partial charge in [-0.2, -0.15) is 5.10 Å². The second kappa shape index (κ2) is 7.46. The highest BCUT2D eigenvalue weighted by Crippen LogP contribution is 2.29. The van der Waals surface area contributed by atoms with Gasteiger partial charge >= 0.3 is 0 Å². The Morgan fingerprint density at radius 2 is 1.92 bits per heavy atom. The van der Waals surface area contributed by atoms with E-state index < -0.39 is 10.0 Å². The van der Waals surface area contributed by atoms with Crippen molar-refractivity contribution >= 4 is 10.0 Å². The molecule has 2 aromatic rings. The third-order valence-electron chi connectivity index (χ3n) is 4.30. The number of aryl methyl sites for hydroxylation is 2. The number of fused-ring (bicyclic) bond motifs is 1. The van der Waals surface area contributed by atoms with Crippen LogP contribution in [0.2, 0.25) is 0 Å². The maximum atomic E-state index is 12.4. The van der Waals surface area contributed by atoms with Crippen LogP contribution in [0.15, 0.2) is 34.0 Å². The molecule has 8 nitrogen and oxygen atoms in total. The summed E-state index contributed by atoms with van der Waals surface area (Å²) in [7, 11) is -0.825. The van der Waals surface area contributed by atoms with Crippen molar-refractivity contribution in [3.63, 3.8) is 0 Å². The predicted molar refractivity (Wildman–Crippen MR) is 95.3 cm³/mol. The Bertz CT molecular complexity index is 969. The van der Waals surface area contributed by atoms with Crippen LogP contribution >= 0.6 is 0 Å². The first-order valence-electron chi connectivity index (χ1n) is 8.26. The molecule has 9 heteroatoms. The Morgan fingerprint density at radius 1 is 1.15 bits per heavy atom. The van der Waals surface area contributed by atoms with E-state index in [0.29, 0.717) is 11.5 Å². The number of aromatic nitrogens is 2. The molecule has 0 unspecified atom stereocenters. The molecular formula is C17H21N3O5S. The Hall–Kier alpha value is -2.39. The van der Waals surface area contributed by atoms with Gasteiger partial charge in [0.05, 0.1) is 31.4 Å². The van der Waals surface area contributed by atoms with Crippen molar-refractivity contribution in [2.75, 3.05) is 20.8 Å². The first-order chi connectivity index (χ1) is 12.4. The third kappa shape index (κ3) is 3.73. The molecule has 0 aliphatic heterocycles. The number of ether oxygens (including phenoxy) is 2. The zero-order chi connectivity index (χ0) is 18.7. The molecular weight excluding hydrogens is 358 g/mol. The van der Waals surface area contributed by atoms with Gasteiger partial charge in [0.25, 0.3) is 5.56 Å². The van der Waals surface area contributed by atoms with Crippen molar-refractivity contribution in [3.8, 4) is 11.5 Å². The minimum Gasteiger partial charge on any atom is -0.493 e. The summed E-state index contributed by atoms with van der Waals surface area (Å²) >= 11 is 0. The predicted octanol–water partition coefficient (Wildman–Crippen LogP) is 0.728. The summed E-state index contributed by atoms with van der Waals surface area (Å²) in [5.74, 6) is 0.771. The molecule has 140 valence electrons. The minimum absolute atomic E-state index is 0.0579. The Kier molecular flexibility index (Phi) is 5.28. The number of hydrogen-bond acceptors (Lipinski definition) is 6. The maximum absolute atomic E-state index is 12.4. The lowest BCUT2D eigenvalue weighted by molar-refractivity contribution is 0.354. The van der Waals surface area contributed by atoms with Gasteiger partial charge in [-0.25, -0.2) is 17.8 Å². The number of benzene rings is 1. The first-order valence-corrected chi connectivity index (χ1v) is 9.74. The summed E-state index contributed by atoms with van der Waals surface area (Å²) in [6, 6.07) is 5.95. The van der Waals surface area contributed by atoms with Gasteiger partial charge in [0.2, 0.25) is 10.0 Å². The fourth-order valence-corrected chi connectivity index (χ4v) is 3.99. The van der Waals surface area contributed by atoms with Crippen LogP contribution in [0.3, 0.4) is 0 Å². The lowest BCUT2D eigenvalue weighted by atomic mass is 10.2. The van der Waals surface area contributed by atoms with E-state index in [1.807, 2.05) is 0 Å². The average molecular weight is 379 g/mol. The summed E-state index contributed by atoms with van der Waals surface area (Å²) in [4.78, 5) is 12.1. The number of nitrogens with zero attached hydrogens (tertiary/aromatic N) is 2. The number of hydrogen-bond donors (Lipinski definition) is 1. The van der Waals surface area contributed by atoms with Crippen molar-refractivity contribution < 1.29 is 17.9 Å². The summed E-state index contributed by atoms with van der Waals surface area (Å²) in [6.45, 7) is 0.223. The number of sulfonamides is 1. The summed E-state index contributed by atoms with van der Waals surface area (Å²) in [5, 5.41) is 4.33. The van der Waals surface area contributed by atoms with E-state index in [-0.39, 0.29) is 23.5 Å². The van der Waals surface area contributed by atoms with Crippen LogP contribution in [0.5, 0.6) is 11.5 Å². The fraction of sp³-hybridized carbons (Fsp3) is 0.412. The van der Waals surface area contributed by atoms with Crippen LogP contribution in [-0.4, -0.2) is 39.0 Å². The third-order valence-corrected chi connectivity index (χ3v) is 5.76. The normalized spacial score (nSPS) is 13.5. The van der Waals surface area contributed by atoms with Crippen molar-refractivity contribution in [2.24, 2.45) is 0 Å². The van der Waals surface area contributed by atoms with Crippen LogP contribution in [-0.2, 0) is 29.4 Å². The topological polar surface area (TPSA) is 99.5 Å². The fourth-order valence-electron chi connectivity index (χ4n) is 2.95. The standard InChI is InChI=1S/C17H21N3O5S/c1-24-15-7-6-13(11-16(15)25-2)26(22,23)18-8-9-20-17(21)10-12-4-3-5-14(12)19-20/h6-7,10-11,18H,3-5,8-9H2,1-2H3. The largest absolute Gasteiger partial charge is 0.493 e. The molecule has 0 bridgehead atoms. The molecule has 1 aliphatic rings. The number of methoxy groups -OCH3 is 2. The lowest BCUT2D eigenvalue weighted by Crippen LogP contribution is -2.32. The molecule has 0 atom stereocenters. The first kappa shape index (κ1) is 18.4. The monoisotopic (exact) mass is 379 g/mol. The second-order valence-electron chi connectivity index (χ2n) is 5.95. The van der Waals surface area contributed by atoms with Crippen LogP contribution in [0.4, 0.5) is 0 Å². The molecule has 1 heterocycles. The molecule has 0 saturated heterocycles. The van der Waals surface area contributed by atoms with Gasteiger partial charge in [0.15, 0.2) is 11.5 Å². The van der Waals surface area contributed by atoms with Crippen molar-refractivity contribution in [3.05, 3.63) is 45.9 Å². The van der Waals surface area contributed by atoms with Crippen LogP contribution in [0.1, 0.15) is 17.7 Å². The zero-order valence-corrected chi connectivity index (χ0v) is 15.5. The Morgan fingerprint density at radius 3 is 2.65 bits per heavy atom. The summed E-state index contributed by atoms with van der Waals surface area (Å²) in [5.41, 5.74) is 1.71. The van der Waals surface area contributed by atoms with Crippen LogP contribution in [0, 0.1) is 0 Å². The molecule has 3 rings (SSSR count). The highest BCUT2D eigenvalue weighted by Gasteiger charge is 2.18. The maximum Gasteiger partial charge on any atom is 0.267 e. The van der Waals surface area contributed by atoms with E-state index >= 15 is 0 Å². The summed E-state index contributed by atoms with van der Waals surface area (Å²) < 4.78 is 38.9. The van der Waals surface area contributed by atoms with Crippen molar-refractivity contribution in [1.29, 1.82) is 0 Å². The molecule has 1 N–H and O–H groups in total. The SMILES string of the molecule is COc1ccc(S(=O)(=O)NCCn2nc3c(cc2=O)CCC3)cc1OC. The van der Waals surface area contributed by atoms with Gasteiger partial charge in [-0.15, -0.1) is 0 Å². The minimum atomic E-state index is -3.74. The van der Waals surface area contributed by atoms with Crippen molar-refractivity contribution in [1.82, 2.24) is 14.5 Å². The van der Waals surface area contributed by atoms with E-state index in [9.17, 15) is 13.2 Å². The van der Waals surface area contributed by atoms with E-state index in [1.54, 1.807) is 6.07 Å².